The van der Waals surface area contributed by atoms with E-state index < -0.39 is 5.97 Å². The van der Waals surface area contributed by atoms with Crippen molar-refractivity contribution >= 4 is 29.4 Å². The summed E-state index contributed by atoms with van der Waals surface area (Å²) >= 11 is 6.06. The molecular formula is C12H14ClN6O2+. The molecule has 3 rings (SSSR count). The van der Waals surface area contributed by atoms with E-state index in [0.717, 1.165) is 22.4 Å². The van der Waals surface area contributed by atoms with Gasteiger partial charge in [-0.3, -0.25) is 14.8 Å². The zero-order valence-corrected chi connectivity index (χ0v) is 12.0. The zero-order chi connectivity index (χ0) is 14.8. The summed E-state index contributed by atoms with van der Waals surface area (Å²) in [4.78, 5) is 16.9. The van der Waals surface area contributed by atoms with E-state index in [1.165, 1.54) is 4.42 Å². The molecule has 8 nitrogen and oxygen atoms in total. The lowest BCUT2D eigenvalue weighted by Gasteiger charge is -2.23. The van der Waals surface area contributed by atoms with Crippen molar-refractivity contribution in [2.75, 3.05) is 18.5 Å². The van der Waals surface area contributed by atoms with E-state index in [9.17, 15) is 4.79 Å². The Labute approximate surface area is 125 Å². The number of quaternary nitrogens is 1. The van der Waals surface area contributed by atoms with Crippen LogP contribution in [0.25, 0.3) is 0 Å². The van der Waals surface area contributed by atoms with E-state index >= 15 is 0 Å². The number of amidine groups is 1. The highest BCUT2D eigenvalue weighted by atomic mass is 35.5. The lowest BCUT2D eigenvalue weighted by Crippen LogP contribution is -3.10. The average molecular weight is 310 g/mol. The Hall–Kier alpha value is -2.32. The van der Waals surface area contributed by atoms with Gasteiger partial charge in [0, 0.05) is 17.8 Å². The van der Waals surface area contributed by atoms with Crippen LogP contribution < -0.4 is 10.2 Å². The molecule has 110 valence electrons. The van der Waals surface area contributed by atoms with E-state index in [2.05, 4.69) is 20.5 Å². The summed E-state index contributed by atoms with van der Waals surface area (Å²) in [6.07, 6.45) is 5.08. The maximum absolute atomic E-state index is 11.8. The highest BCUT2D eigenvalue weighted by Crippen LogP contribution is 2.12. The Kier molecular flexibility index (Phi) is 3.63. The van der Waals surface area contributed by atoms with Crippen molar-refractivity contribution in [2.45, 2.75) is 6.92 Å². The number of H-pyrrole nitrogens is 1. The Morgan fingerprint density at radius 2 is 2.52 bits per heavy atom. The molecule has 0 aromatic carbocycles. The fourth-order valence-corrected chi connectivity index (χ4v) is 2.30. The summed E-state index contributed by atoms with van der Waals surface area (Å²) in [6, 6.07) is 1.79. The van der Waals surface area contributed by atoms with Gasteiger partial charge >= 0.3 is 5.97 Å². The van der Waals surface area contributed by atoms with Crippen LogP contribution in [0, 0.1) is 0 Å². The Morgan fingerprint density at radius 3 is 3.24 bits per heavy atom. The molecule has 1 aromatic rings. The van der Waals surface area contributed by atoms with Crippen LogP contribution in [-0.4, -0.2) is 39.6 Å². The third-order valence-corrected chi connectivity index (χ3v) is 3.18. The molecule has 1 unspecified atom stereocenters. The van der Waals surface area contributed by atoms with Crippen molar-refractivity contribution in [3.8, 4) is 0 Å². The number of nitrogens with zero attached hydrogens (tertiary/aromatic N) is 3. The monoisotopic (exact) mass is 309 g/mol. The quantitative estimate of drug-likeness (QED) is 0.529. The number of ether oxygens (including phenoxy) is 1. The normalized spacial score (nSPS) is 20.4. The number of anilines is 1. The minimum atomic E-state index is -0.436. The van der Waals surface area contributed by atoms with Gasteiger partial charge in [-0.2, -0.15) is 10.1 Å². The smallest absolute Gasteiger partial charge is 0.362 e. The second-order valence-corrected chi connectivity index (χ2v) is 4.85. The van der Waals surface area contributed by atoms with Gasteiger partial charge < -0.3 is 4.74 Å². The van der Waals surface area contributed by atoms with Crippen LogP contribution in [0.3, 0.4) is 0 Å². The van der Waals surface area contributed by atoms with E-state index in [1.807, 2.05) is 0 Å². The topological polar surface area (TPSA) is 87.0 Å². The third-order valence-electron chi connectivity index (χ3n) is 2.96. The minimum Gasteiger partial charge on any atom is -0.461 e. The first-order chi connectivity index (χ1) is 10.2. The van der Waals surface area contributed by atoms with E-state index in [-0.39, 0.29) is 5.70 Å². The molecule has 0 radical (unpaired) electrons. The first-order valence-corrected chi connectivity index (χ1v) is 6.76. The van der Waals surface area contributed by atoms with Gasteiger partial charge in [0.25, 0.3) is 0 Å². The van der Waals surface area contributed by atoms with Gasteiger partial charge in [-0.15, -0.1) is 0 Å². The molecule has 0 bridgehead atoms. The fraction of sp³-hybridized carbons (Fsp3) is 0.250. The number of nitrogens with one attached hydrogen (secondary N) is 3. The highest BCUT2D eigenvalue weighted by Gasteiger charge is 2.36. The van der Waals surface area contributed by atoms with Crippen LogP contribution in [0.15, 0.2) is 41.2 Å². The largest absolute Gasteiger partial charge is 0.461 e. The van der Waals surface area contributed by atoms with E-state index in [1.54, 1.807) is 31.6 Å². The number of halogens is 1. The number of carbonyl (C=O) groups excluding carboxylic acids is 1. The maximum atomic E-state index is 11.8. The number of rotatable bonds is 4. The van der Waals surface area contributed by atoms with Gasteiger partial charge in [-0.25, -0.2) is 9.69 Å². The van der Waals surface area contributed by atoms with Crippen molar-refractivity contribution in [2.24, 2.45) is 4.99 Å². The molecule has 2 aliphatic heterocycles. The summed E-state index contributed by atoms with van der Waals surface area (Å²) in [5, 5.41) is 9.83. The number of fused-ring (bicyclic) bond motifs is 1. The molecule has 3 N–H and O–H groups in total. The Balaban J connectivity index is 1.84. The van der Waals surface area contributed by atoms with Crippen molar-refractivity contribution in [3.63, 3.8) is 0 Å². The Bertz CT molecular complexity index is 636. The van der Waals surface area contributed by atoms with Gasteiger partial charge in [-0.05, 0) is 6.92 Å². The predicted octanol–water partition coefficient (Wildman–Crippen LogP) is -0.209. The van der Waals surface area contributed by atoms with Crippen LogP contribution in [0.1, 0.15) is 6.92 Å². The molecule has 9 heteroatoms. The zero-order valence-electron chi connectivity index (χ0n) is 11.3. The SMILES string of the molecule is CCOC(=O)C1=C[NH+]2C(Nc3ccn[nH]3)=CN(Cl)CC2=N1. The van der Waals surface area contributed by atoms with Crippen LogP contribution in [0.4, 0.5) is 5.82 Å². The van der Waals surface area contributed by atoms with Crippen molar-refractivity contribution in [1.29, 1.82) is 0 Å². The molecule has 0 aliphatic carbocycles. The second kappa shape index (κ2) is 5.58. The maximum Gasteiger partial charge on any atom is 0.362 e. The van der Waals surface area contributed by atoms with E-state index in [0.29, 0.717) is 13.2 Å². The third kappa shape index (κ3) is 2.76. The van der Waals surface area contributed by atoms with Crippen LogP contribution in [-0.2, 0) is 9.53 Å². The molecule has 1 aromatic heterocycles. The number of aromatic nitrogens is 2. The molecule has 0 spiro atoms. The fourth-order valence-electron chi connectivity index (χ4n) is 2.09. The summed E-state index contributed by atoms with van der Waals surface area (Å²) < 4.78 is 6.44. The van der Waals surface area contributed by atoms with Crippen LogP contribution in [0.5, 0.6) is 0 Å². The number of esters is 1. The van der Waals surface area contributed by atoms with Crippen LogP contribution >= 0.6 is 11.8 Å². The summed E-state index contributed by atoms with van der Waals surface area (Å²) in [5.74, 6) is 1.74. The molecule has 0 saturated heterocycles. The number of aliphatic imine (C=N–C) groups is 1. The Morgan fingerprint density at radius 1 is 1.67 bits per heavy atom. The van der Waals surface area contributed by atoms with E-state index in [4.69, 9.17) is 16.5 Å². The first kappa shape index (κ1) is 13.7. The van der Waals surface area contributed by atoms with Crippen LogP contribution in [0.2, 0.25) is 0 Å². The van der Waals surface area contributed by atoms with Gasteiger partial charge in [0.1, 0.15) is 18.6 Å². The summed E-state index contributed by atoms with van der Waals surface area (Å²) in [6.45, 7) is 2.49. The predicted molar refractivity (Wildman–Crippen MR) is 76.0 cm³/mol. The van der Waals surface area contributed by atoms with Crippen molar-refractivity contribution in [1.82, 2.24) is 14.6 Å². The van der Waals surface area contributed by atoms with Gasteiger partial charge in [-0.1, -0.05) is 0 Å². The number of hydrogen-bond donors (Lipinski definition) is 3. The number of aromatic amines is 1. The van der Waals surface area contributed by atoms with Crippen molar-refractivity contribution in [3.05, 3.63) is 36.2 Å². The highest BCUT2D eigenvalue weighted by molar-refractivity contribution is 6.15. The minimum absolute atomic E-state index is 0.283. The molecule has 2 aliphatic rings. The molecule has 3 heterocycles. The number of hydrogen-bond acceptors (Lipinski definition) is 6. The molecule has 21 heavy (non-hydrogen) atoms. The molecule has 1 atom stereocenters. The second-order valence-electron chi connectivity index (χ2n) is 4.42. The standard InChI is InChI=1S/C12H13ClN6O2/c1-2-21-12(20)8-5-19-10(15-8)6-18(13)7-11(19)16-9-3-4-14-17-9/h3-5,7H,2,6H2,1H3,(H2,14,16,17)/p+1. The summed E-state index contributed by atoms with van der Waals surface area (Å²) in [7, 11) is 0. The average Bonchev–Trinajstić information content (AvgIpc) is 3.07. The lowest BCUT2D eigenvalue weighted by atomic mass is 10.4. The molecule has 0 saturated carbocycles. The first-order valence-electron chi connectivity index (χ1n) is 6.42. The molecule has 0 fully saturated rings. The lowest BCUT2D eigenvalue weighted by molar-refractivity contribution is -0.699. The molecular weight excluding hydrogens is 296 g/mol. The van der Waals surface area contributed by atoms with Gasteiger partial charge in [0.05, 0.1) is 19.0 Å². The van der Waals surface area contributed by atoms with Gasteiger partial charge in [0.2, 0.25) is 17.4 Å². The molecule has 0 amide bonds. The van der Waals surface area contributed by atoms with Gasteiger partial charge in [0.15, 0.2) is 0 Å². The van der Waals surface area contributed by atoms with Crippen molar-refractivity contribution < 1.29 is 14.4 Å². The summed E-state index contributed by atoms with van der Waals surface area (Å²) in [5.41, 5.74) is 0.283. The number of carbonyl (C=O) groups is 1.